The summed E-state index contributed by atoms with van der Waals surface area (Å²) in [5.41, 5.74) is -0.741. The molecule has 0 heterocycles. The standard InChI is InChI=1S/C37H50O7/c1-32(2)15-16-36(31(42)43)17-18-37(21-44-30(41)22-7-9-25(38)26(39)19-22)23(24(36)20-32)8-10-28-34(5)13-12-29(40)33(3,4)27(34)11-14-35(28,37)6/h7-9,19,24,27-28,38-39H,10-18,20-21H2,1-6H3,(H,42,43)/t24?,27?,28?,34-,35+,36-,37-/m0/s1. The summed E-state index contributed by atoms with van der Waals surface area (Å²) in [4.78, 5) is 39.8. The lowest BCUT2D eigenvalue weighted by Gasteiger charge is -2.70. The minimum atomic E-state index is -0.818. The monoisotopic (exact) mass is 606 g/mol. The number of esters is 1. The van der Waals surface area contributed by atoms with Crippen LogP contribution in [0.1, 0.15) is 116 Å². The van der Waals surface area contributed by atoms with Crippen LogP contribution in [0.4, 0.5) is 0 Å². The predicted octanol–water partition coefficient (Wildman–Crippen LogP) is 7.69. The van der Waals surface area contributed by atoms with Crippen LogP contribution in [0, 0.1) is 50.2 Å². The number of rotatable bonds is 4. The van der Waals surface area contributed by atoms with Crippen LogP contribution in [-0.2, 0) is 14.3 Å². The molecule has 0 aliphatic heterocycles. The van der Waals surface area contributed by atoms with Crippen LogP contribution < -0.4 is 0 Å². The van der Waals surface area contributed by atoms with E-state index in [0.29, 0.717) is 31.5 Å². The molecular weight excluding hydrogens is 556 g/mol. The topological polar surface area (TPSA) is 121 Å². The van der Waals surface area contributed by atoms with E-state index in [4.69, 9.17) is 4.74 Å². The molecule has 240 valence electrons. The molecule has 1 aromatic rings. The fraction of sp³-hybridized carbons (Fsp3) is 0.703. The summed E-state index contributed by atoms with van der Waals surface area (Å²) >= 11 is 0. The average Bonchev–Trinajstić information content (AvgIpc) is 2.95. The Morgan fingerprint density at radius 2 is 1.61 bits per heavy atom. The number of carboxylic acids is 1. The number of aliphatic carboxylic acids is 1. The second-order valence-corrected chi connectivity index (χ2v) is 16.9. The number of phenols is 2. The van der Waals surface area contributed by atoms with Crippen LogP contribution >= 0.6 is 0 Å². The first-order chi connectivity index (χ1) is 20.4. The summed E-state index contributed by atoms with van der Waals surface area (Å²) in [5.74, 6) is -1.22. The van der Waals surface area contributed by atoms with Crippen LogP contribution in [0.3, 0.4) is 0 Å². The van der Waals surface area contributed by atoms with Crippen LogP contribution in [-0.4, -0.2) is 39.6 Å². The third kappa shape index (κ3) is 4.16. The first-order valence-corrected chi connectivity index (χ1v) is 16.6. The Kier molecular flexibility index (Phi) is 6.96. The van der Waals surface area contributed by atoms with Gasteiger partial charge in [-0.05, 0) is 110 Å². The van der Waals surface area contributed by atoms with Gasteiger partial charge in [0.05, 0.1) is 11.0 Å². The molecule has 0 aromatic heterocycles. The SMILES string of the molecule is CC1(C)CC[C@]2(C(=O)O)CC[C@]3(COC(=O)c4ccc(O)c(O)c4)C(=CCC4[C@@]5(C)CCC(=O)C(C)(C)C5CC[C@]43C)C2C1. The minimum Gasteiger partial charge on any atom is -0.504 e. The number of carbonyl (C=O) groups excluding carboxylic acids is 2. The first kappa shape index (κ1) is 31.2. The van der Waals surface area contributed by atoms with Gasteiger partial charge in [0.1, 0.15) is 12.4 Å². The van der Waals surface area contributed by atoms with Crippen LogP contribution in [0.5, 0.6) is 11.5 Å². The molecule has 4 fully saturated rings. The normalized spacial score (nSPS) is 40.4. The average molecular weight is 607 g/mol. The number of carboxylic acid groups (broad SMARTS) is 1. The van der Waals surface area contributed by atoms with Gasteiger partial charge in [0, 0.05) is 17.3 Å². The molecule has 0 saturated heterocycles. The van der Waals surface area contributed by atoms with E-state index in [-0.39, 0.29) is 57.7 Å². The van der Waals surface area contributed by atoms with Crippen molar-refractivity contribution in [3.05, 3.63) is 35.4 Å². The van der Waals surface area contributed by atoms with Crippen molar-refractivity contribution in [1.82, 2.24) is 0 Å². The maximum Gasteiger partial charge on any atom is 0.338 e. The third-order valence-corrected chi connectivity index (χ3v) is 14.1. The zero-order chi connectivity index (χ0) is 32.1. The highest BCUT2D eigenvalue weighted by atomic mass is 16.5. The van der Waals surface area contributed by atoms with E-state index < -0.39 is 28.2 Å². The highest BCUT2D eigenvalue weighted by Gasteiger charge is 2.71. The predicted molar refractivity (Wildman–Crippen MR) is 166 cm³/mol. The quantitative estimate of drug-likeness (QED) is 0.182. The maximum atomic E-state index is 13.5. The lowest BCUT2D eigenvalue weighted by Crippen LogP contribution is -2.66. The van der Waals surface area contributed by atoms with Gasteiger partial charge in [-0.1, -0.05) is 53.2 Å². The van der Waals surface area contributed by atoms with Crippen molar-refractivity contribution < 1.29 is 34.4 Å². The van der Waals surface area contributed by atoms with Crippen molar-refractivity contribution >= 4 is 17.7 Å². The van der Waals surface area contributed by atoms with Crippen molar-refractivity contribution in [3.63, 3.8) is 0 Å². The van der Waals surface area contributed by atoms with E-state index in [2.05, 4.69) is 47.6 Å². The van der Waals surface area contributed by atoms with E-state index in [1.807, 2.05) is 0 Å². The number of phenolic OH excluding ortho intramolecular Hbond substituents is 2. The van der Waals surface area contributed by atoms with Gasteiger partial charge in [0.25, 0.3) is 0 Å². The summed E-state index contributed by atoms with van der Waals surface area (Å²) < 4.78 is 6.21. The van der Waals surface area contributed by atoms with Gasteiger partial charge in [0.15, 0.2) is 11.5 Å². The summed E-state index contributed by atoms with van der Waals surface area (Å²) in [6.07, 6.45) is 9.91. The Morgan fingerprint density at radius 3 is 2.30 bits per heavy atom. The summed E-state index contributed by atoms with van der Waals surface area (Å²) in [5, 5.41) is 30.6. The zero-order valence-corrected chi connectivity index (χ0v) is 27.3. The van der Waals surface area contributed by atoms with Crippen molar-refractivity contribution in [2.24, 2.45) is 50.2 Å². The first-order valence-electron chi connectivity index (χ1n) is 16.6. The molecule has 5 aliphatic carbocycles. The Hall–Kier alpha value is -2.83. The maximum absolute atomic E-state index is 13.5. The molecular formula is C37H50O7. The molecule has 0 amide bonds. The Balaban J connectivity index is 1.46. The van der Waals surface area contributed by atoms with Gasteiger partial charge in [-0.3, -0.25) is 9.59 Å². The van der Waals surface area contributed by atoms with Gasteiger partial charge in [-0.15, -0.1) is 0 Å². The molecule has 7 heteroatoms. The number of Topliss-reactive ketones (excluding diaryl/α,β-unsaturated/α-hetero) is 1. The molecule has 4 saturated carbocycles. The van der Waals surface area contributed by atoms with Crippen molar-refractivity contribution in [2.75, 3.05) is 6.61 Å². The van der Waals surface area contributed by atoms with Crippen molar-refractivity contribution in [2.45, 2.75) is 106 Å². The van der Waals surface area contributed by atoms with Gasteiger partial charge in [0.2, 0.25) is 0 Å². The molecule has 5 aliphatic rings. The molecule has 7 atom stereocenters. The second kappa shape index (κ2) is 9.83. The molecule has 6 rings (SSSR count). The number of fused-ring (bicyclic) bond motifs is 7. The van der Waals surface area contributed by atoms with E-state index in [9.17, 15) is 29.7 Å². The highest BCUT2D eigenvalue weighted by molar-refractivity contribution is 5.90. The second-order valence-electron chi connectivity index (χ2n) is 16.9. The Morgan fingerprint density at radius 1 is 0.909 bits per heavy atom. The van der Waals surface area contributed by atoms with Crippen LogP contribution in [0.15, 0.2) is 29.8 Å². The van der Waals surface area contributed by atoms with E-state index >= 15 is 0 Å². The van der Waals surface area contributed by atoms with Gasteiger partial charge < -0.3 is 20.1 Å². The van der Waals surface area contributed by atoms with Crippen LogP contribution in [0.25, 0.3) is 0 Å². The molecule has 3 N–H and O–H groups in total. The van der Waals surface area contributed by atoms with E-state index in [1.165, 1.54) is 23.8 Å². The minimum absolute atomic E-state index is 0.00291. The van der Waals surface area contributed by atoms with Gasteiger partial charge in [-0.25, -0.2) is 4.79 Å². The molecule has 1 aromatic carbocycles. The summed E-state index contributed by atoms with van der Waals surface area (Å²) in [6, 6.07) is 3.96. The number of ketones is 1. The number of allylic oxidation sites excluding steroid dienone is 1. The molecule has 3 unspecified atom stereocenters. The summed E-state index contributed by atoms with van der Waals surface area (Å²) in [7, 11) is 0. The van der Waals surface area contributed by atoms with E-state index in [1.54, 1.807) is 0 Å². The number of benzene rings is 1. The molecule has 7 nitrogen and oxygen atoms in total. The Bertz CT molecular complexity index is 1440. The number of hydrogen-bond donors (Lipinski definition) is 3. The fourth-order valence-electron chi connectivity index (χ4n) is 11.5. The molecule has 0 radical (unpaired) electrons. The van der Waals surface area contributed by atoms with Crippen molar-refractivity contribution in [3.8, 4) is 11.5 Å². The highest BCUT2D eigenvalue weighted by Crippen LogP contribution is 2.75. The largest absolute Gasteiger partial charge is 0.504 e. The fourth-order valence-corrected chi connectivity index (χ4v) is 11.5. The number of carbonyl (C=O) groups is 3. The van der Waals surface area contributed by atoms with E-state index in [0.717, 1.165) is 38.5 Å². The van der Waals surface area contributed by atoms with Crippen LogP contribution in [0.2, 0.25) is 0 Å². The molecule has 44 heavy (non-hydrogen) atoms. The molecule has 0 spiro atoms. The zero-order valence-electron chi connectivity index (χ0n) is 27.3. The summed E-state index contributed by atoms with van der Waals surface area (Å²) in [6.45, 7) is 13.6. The van der Waals surface area contributed by atoms with Gasteiger partial charge in [-0.2, -0.15) is 0 Å². The smallest absolute Gasteiger partial charge is 0.338 e. The third-order valence-electron chi connectivity index (χ3n) is 14.1. The number of ether oxygens (including phenoxy) is 1. The lowest BCUT2D eigenvalue weighted by molar-refractivity contribution is -0.199. The number of aromatic hydroxyl groups is 2. The molecule has 0 bridgehead atoms. The van der Waals surface area contributed by atoms with Crippen molar-refractivity contribution in [1.29, 1.82) is 0 Å². The van der Waals surface area contributed by atoms with Gasteiger partial charge >= 0.3 is 11.9 Å². The Labute approximate surface area is 261 Å². The lowest BCUT2D eigenvalue weighted by atomic mass is 9.33. The number of hydrogen-bond acceptors (Lipinski definition) is 6.